The van der Waals surface area contributed by atoms with Crippen molar-refractivity contribution < 1.29 is 29.3 Å². The zero-order valence-corrected chi connectivity index (χ0v) is 20.5. The van der Waals surface area contributed by atoms with Gasteiger partial charge in [0, 0.05) is 43.2 Å². The van der Waals surface area contributed by atoms with Crippen LogP contribution in [0.2, 0.25) is 0 Å². The lowest BCUT2D eigenvalue weighted by Crippen LogP contribution is -2.27. The monoisotopic (exact) mass is 502 g/mol. The molecule has 1 saturated carbocycles. The molecule has 36 heavy (non-hydrogen) atoms. The molecule has 2 aromatic heterocycles. The first-order chi connectivity index (χ1) is 17.5. The molecule has 4 rings (SSSR count). The second-order valence-corrected chi connectivity index (χ2v) is 8.12. The van der Waals surface area contributed by atoms with Gasteiger partial charge in [-0.15, -0.1) is 0 Å². The molecular weight excluding hydrogens is 468 g/mol. The van der Waals surface area contributed by atoms with Gasteiger partial charge in [-0.05, 0) is 43.4 Å². The Bertz CT molecular complexity index is 1040. The third-order valence-corrected chi connectivity index (χ3v) is 5.84. The predicted molar refractivity (Wildman–Crippen MR) is 131 cm³/mol. The predicted octanol–water partition coefficient (Wildman–Crippen LogP) is 2.24. The summed E-state index contributed by atoms with van der Waals surface area (Å²) in [6, 6.07) is 6.26. The molecule has 1 aliphatic rings. The molecule has 3 aromatic rings. The van der Waals surface area contributed by atoms with E-state index in [2.05, 4.69) is 14.6 Å². The molecule has 12 heteroatoms. The van der Waals surface area contributed by atoms with Crippen molar-refractivity contribution in [1.29, 1.82) is 0 Å². The van der Waals surface area contributed by atoms with Gasteiger partial charge < -0.3 is 30.4 Å². The van der Waals surface area contributed by atoms with E-state index in [0.29, 0.717) is 18.4 Å². The summed E-state index contributed by atoms with van der Waals surface area (Å²) < 4.78 is 12.9. The van der Waals surface area contributed by atoms with Crippen LogP contribution in [0.4, 0.5) is 0 Å². The second kappa shape index (κ2) is 15.1. The minimum absolute atomic E-state index is 0.250. The molecule has 0 spiro atoms. The molecule has 0 bridgehead atoms. The highest BCUT2D eigenvalue weighted by molar-refractivity contribution is 5.43. The number of ether oxygens (including phenoxy) is 2. The SMILES string of the molecule is COc1ccc(Cc2nc(C3CCC(N)CC3)n(CCc3cnc[nH]3)n2)cc1OC.O=CO.O=CO. The molecule has 12 nitrogen and oxygen atoms in total. The smallest absolute Gasteiger partial charge is 0.290 e. The molecule has 5 N–H and O–H groups in total. The van der Waals surface area contributed by atoms with Crippen LogP contribution in [-0.4, -0.2) is 68.2 Å². The maximum absolute atomic E-state index is 8.36. The highest BCUT2D eigenvalue weighted by Gasteiger charge is 2.25. The lowest BCUT2D eigenvalue weighted by Gasteiger charge is -2.25. The summed E-state index contributed by atoms with van der Waals surface area (Å²) in [5.41, 5.74) is 8.31. The molecule has 0 unspecified atom stereocenters. The molecule has 0 amide bonds. The first kappa shape index (κ1) is 28.3. The van der Waals surface area contributed by atoms with E-state index in [1.54, 1.807) is 20.5 Å². The van der Waals surface area contributed by atoms with Crippen LogP contribution in [0, 0.1) is 0 Å². The lowest BCUT2D eigenvalue weighted by atomic mass is 9.86. The van der Waals surface area contributed by atoms with Crippen LogP contribution >= 0.6 is 0 Å². The van der Waals surface area contributed by atoms with Gasteiger partial charge in [0.05, 0.1) is 20.5 Å². The number of carboxylic acid groups (broad SMARTS) is 2. The average molecular weight is 503 g/mol. The maximum atomic E-state index is 8.36. The molecule has 1 fully saturated rings. The Labute approximate surface area is 209 Å². The van der Waals surface area contributed by atoms with Crippen LogP contribution in [0.15, 0.2) is 30.7 Å². The second-order valence-electron chi connectivity index (χ2n) is 8.12. The van der Waals surface area contributed by atoms with Crippen LogP contribution in [0.5, 0.6) is 11.5 Å². The Balaban J connectivity index is 0.000000693. The Morgan fingerprint density at radius 1 is 1.11 bits per heavy atom. The highest BCUT2D eigenvalue weighted by atomic mass is 16.5. The minimum atomic E-state index is -0.250. The number of aryl methyl sites for hydroxylation is 2. The number of rotatable bonds is 8. The van der Waals surface area contributed by atoms with E-state index in [1.165, 1.54) is 0 Å². The molecule has 0 atom stereocenters. The first-order valence-corrected chi connectivity index (χ1v) is 11.5. The number of hydrogen-bond donors (Lipinski definition) is 4. The number of carbonyl (C=O) groups is 2. The first-order valence-electron chi connectivity index (χ1n) is 11.5. The summed E-state index contributed by atoms with van der Waals surface area (Å²) in [6.07, 6.45) is 9.30. The molecular formula is C24H34N6O6. The topological polar surface area (TPSA) is 178 Å². The van der Waals surface area contributed by atoms with Gasteiger partial charge in [0.2, 0.25) is 0 Å². The number of imidazole rings is 1. The summed E-state index contributed by atoms with van der Waals surface area (Å²) >= 11 is 0. The third kappa shape index (κ3) is 8.38. The van der Waals surface area contributed by atoms with E-state index < -0.39 is 0 Å². The van der Waals surface area contributed by atoms with E-state index in [-0.39, 0.29) is 12.9 Å². The van der Waals surface area contributed by atoms with Crippen LogP contribution in [0.1, 0.15) is 54.5 Å². The Morgan fingerprint density at radius 3 is 2.36 bits per heavy atom. The van der Waals surface area contributed by atoms with Gasteiger partial charge in [0.15, 0.2) is 17.3 Å². The number of benzene rings is 1. The average Bonchev–Trinajstić information content (AvgIpc) is 3.54. The van der Waals surface area contributed by atoms with Crippen molar-refractivity contribution in [2.45, 2.75) is 57.0 Å². The van der Waals surface area contributed by atoms with E-state index in [0.717, 1.165) is 73.1 Å². The molecule has 1 aliphatic carbocycles. The van der Waals surface area contributed by atoms with E-state index in [9.17, 15) is 0 Å². The van der Waals surface area contributed by atoms with Crippen molar-refractivity contribution in [1.82, 2.24) is 24.7 Å². The highest BCUT2D eigenvalue weighted by Crippen LogP contribution is 2.32. The normalized spacial score (nSPS) is 16.5. The Kier molecular flexibility index (Phi) is 11.9. The third-order valence-electron chi connectivity index (χ3n) is 5.84. The van der Waals surface area contributed by atoms with Gasteiger partial charge in [-0.2, -0.15) is 5.10 Å². The lowest BCUT2D eigenvalue weighted by molar-refractivity contribution is -0.123. The fraction of sp³-hybridized carbons (Fsp3) is 0.458. The van der Waals surface area contributed by atoms with E-state index in [4.69, 9.17) is 45.1 Å². The quantitative estimate of drug-likeness (QED) is 0.334. The summed E-state index contributed by atoms with van der Waals surface area (Å²) in [5, 5.41) is 18.6. The molecule has 196 valence electrons. The maximum Gasteiger partial charge on any atom is 0.290 e. The Morgan fingerprint density at radius 2 is 1.78 bits per heavy atom. The summed E-state index contributed by atoms with van der Waals surface area (Å²) in [5.74, 6) is 3.76. The largest absolute Gasteiger partial charge is 0.493 e. The number of aromatic nitrogens is 5. The number of methoxy groups -OCH3 is 2. The Hall–Kier alpha value is -3.93. The summed E-state index contributed by atoms with van der Waals surface area (Å²) in [6.45, 7) is 0.277. The molecule has 0 saturated heterocycles. The summed E-state index contributed by atoms with van der Waals surface area (Å²) in [4.78, 5) is 29.0. The number of hydrogen-bond acceptors (Lipinski definition) is 8. The van der Waals surface area contributed by atoms with Crippen molar-refractivity contribution in [3.05, 3.63) is 53.6 Å². The van der Waals surface area contributed by atoms with Crippen molar-refractivity contribution in [3.63, 3.8) is 0 Å². The number of nitrogens with one attached hydrogen (secondary N) is 1. The van der Waals surface area contributed by atoms with Crippen LogP contribution in [0.25, 0.3) is 0 Å². The number of aromatic amines is 1. The number of nitrogens with zero attached hydrogens (tertiary/aromatic N) is 4. The van der Waals surface area contributed by atoms with E-state index >= 15 is 0 Å². The molecule has 2 heterocycles. The van der Waals surface area contributed by atoms with Gasteiger partial charge in [-0.1, -0.05) is 6.07 Å². The minimum Gasteiger partial charge on any atom is -0.493 e. The zero-order valence-electron chi connectivity index (χ0n) is 20.5. The zero-order chi connectivity index (χ0) is 26.3. The van der Waals surface area contributed by atoms with Crippen LogP contribution in [0.3, 0.4) is 0 Å². The van der Waals surface area contributed by atoms with Gasteiger partial charge in [0.1, 0.15) is 5.82 Å². The fourth-order valence-electron chi connectivity index (χ4n) is 4.14. The van der Waals surface area contributed by atoms with Crippen molar-refractivity contribution >= 4 is 12.9 Å². The van der Waals surface area contributed by atoms with Gasteiger partial charge in [0.25, 0.3) is 12.9 Å². The van der Waals surface area contributed by atoms with Gasteiger partial charge in [-0.25, -0.2) is 14.6 Å². The van der Waals surface area contributed by atoms with Crippen LogP contribution in [-0.2, 0) is 29.0 Å². The summed E-state index contributed by atoms with van der Waals surface area (Å²) in [7, 11) is 3.29. The molecule has 0 radical (unpaired) electrons. The van der Waals surface area contributed by atoms with E-state index in [1.807, 2.05) is 24.4 Å². The van der Waals surface area contributed by atoms with Crippen molar-refractivity contribution in [2.75, 3.05) is 14.2 Å². The van der Waals surface area contributed by atoms with Gasteiger partial charge >= 0.3 is 0 Å². The standard InChI is InChI=1S/C22H30N6O2.2CH2O2/c1-29-19-8-3-15(11-20(19)30-2)12-21-26-22(16-4-6-17(23)7-5-16)28(27-21)10-9-18-13-24-14-25-18;2*2-1-3/h3,8,11,13-14,16-17H,4-7,9-10,12,23H2,1-2H3,(H,24,25);2*1H,(H,2,3). The molecule has 1 aromatic carbocycles. The van der Waals surface area contributed by atoms with Crippen molar-refractivity contribution in [2.24, 2.45) is 5.73 Å². The fourth-order valence-corrected chi connectivity index (χ4v) is 4.14. The van der Waals surface area contributed by atoms with Crippen molar-refractivity contribution in [3.8, 4) is 11.5 Å². The molecule has 0 aliphatic heterocycles. The number of H-pyrrole nitrogens is 1. The van der Waals surface area contributed by atoms with Gasteiger partial charge in [-0.3, -0.25) is 9.59 Å². The van der Waals surface area contributed by atoms with Crippen LogP contribution < -0.4 is 15.2 Å². The number of nitrogens with two attached hydrogens (primary N) is 1.